The molecule has 1 saturated heterocycles. The maximum atomic E-state index is 13.4. The molecule has 2 rings (SSSR count). The van der Waals surface area contributed by atoms with Crippen molar-refractivity contribution in [1.29, 1.82) is 0 Å². The molecule has 122 valence electrons. The number of likely N-dealkylation sites (tertiary alicyclic amines) is 1. The van der Waals surface area contributed by atoms with Crippen LogP contribution in [-0.4, -0.2) is 37.0 Å². The molecule has 0 saturated carbocycles. The molecule has 1 N–H and O–H groups in total. The van der Waals surface area contributed by atoms with Gasteiger partial charge in [0.15, 0.2) is 0 Å². The molecular formula is C16H21Cl2FN2O. The van der Waals surface area contributed by atoms with Gasteiger partial charge in [-0.15, -0.1) is 0 Å². The number of amides is 1. The Kier molecular flexibility index (Phi) is 6.48. The third-order valence-corrected chi connectivity index (χ3v) is 4.67. The van der Waals surface area contributed by atoms with E-state index in [4.69, 9.17) is 23.2 Å². The zero-order valence-electron chi connectivity index (χ0n) is 12.7. The van der Waals surface area contributed by atoms with Crippen LogP contribution in [0.2, 0.25) is 10.0 Å². The summed E-state index contributed by atoms with van der Waals surface area (Å²) in [5.74, 6) is -0.190. The van der Waals surface area contributed by atoms with Crippen molar-refractivity contribution in [3.05, 3.63) is 33.6 Å². The predicted octanol–water partition coefficient (Wildman–Crippen LogP) is 3.98. The first-order valence-corrected chi connectivity index (χ1v) is 8.38. The molecule has 0 atom stereocenters. The standard InChI is InChI=1S/C16H21Cl2FN2O/c1-11-3-7-21(8-4-11)6-2-5-20-16(22)12-9-15(19)14(18)10-13(12)17/h9-11H,2-8H2,1H3,(H,20,22). The molecule has 1 aromatic rings. The van der Waals surface area contributed by atoms with Gasteiger partial charge in [0, 0.05) is 6.54 Å². The molecule has 1 aromatic carbocycles. The molecule has 1 amide bonds. The Morgan fingerprint density at radius 2 is 2.00 bits per heavy atom. The number of nitrogens with zero attached hydrogens (tertiary/aromatic N) is 1. The van der Waals surface area contributed by atoms with Gasteiger partial charge in [-0.3, -0.25) is 4.79 Å². The van der Waals surface area contributed by atoms with Gasteiger partial charge < -0.3 is 10.2 Å². The van der Waals surface area contributed by atoms with Crippen molar-refractivity contribution >= 4 is 29.1 Å². The Morgan fingerprint density at radius 3 is 2.68 bits per heavy atom. The van der Waals surface area contributed by atoms with E-state index in [1.165, 1.54) is 18.9 Å². The molecule has 1 heterocycles. The molecule has 0 aliphatic carbocycles. The highest BCUT2D eigenvalue weighted by Gasteiger charge is 2.16. The summed E-state index contributed by atoms with van der Waals surface area (Å²) >= 11 is 11.5. The summed E-state index contributed by atoms with van der Waals surface area (Å²) in [6, 6.07) is 2.33. The molecule has 1 fully saturated rings. The molecule has 3 nitrogen and oxygen atoms in total. The lowest BCUT2D eigenvalue weighted by atomic mass is 9.99. The summed E-state index contributed by atoms with van der Waals surface area (Å²) in [4.78, 5) is 14.4. The first-order chi connectivity index (χ1) is 10.5. The Labute approximate surface area is 140 Å². The zero-order valence-corrected chi connectivity index (χ0v) is 14.2. The second-order valence-corrected chi connectivity index (χ2v) is 6.69. The summed E-state index contributed by atoms with van der Waals surface area (Å²) in [5, 5.41) is 2.85. The minimum Gasteiger partial charge on any atom is -0.352 e. The van der Waals surface area contributed by atoms with Crippen LogP contribution in [0, 0.1) is 11.7 Å². The van der Waals surface area contributed by atoms with Crippen LogP contribution in [0.25, 0.3) is 0 Å². The van der Waals surface area contributed by atoms with Gasteiger partial charge in [0.2, 0.25) is 0 Å². The van der Waals surface area contributed by atoms with Crippen LogP contribution < -0.4 is 5.32 Å². The maximum absolute atomic E-state index is 13.4. The lowest BCUT2D eigenvalue weighted by Gasteiger charge is -2.30. The van der Waals surface area contributed by atoms with E-state index in [0.717, 1.165) is 38.0 Å². The molecule has 0 radical (unpaired) electrons. The third-order valence-electron chi connectivity index (χ3n) is 4.07. The number of carbonyl (C=O) groups excluding carboxylic acids is 1. The summed E-state index contributed by atoms with van der Waals surface area (Å²) in [6.07, 6.45) is 3.35. The van der Waals surface area contributed by atoms with Crippen LogP contribution in [0.3, 0.4) is 0 Å². The van der Waals surface area contributed by atoms with E-state index in [9.17, 15) is 9.18 Å². The third kappa shape index (κ3) is 4.83. The van der Waals surface area contributed by atoms with Crippen LogP contribution in [-0.2, 0) is 0 Å². The molecule has 1 aliphatic heterocycles. The highest BCUT2D eigenvalue weighted by Crippen LogP contribution is 2.24. The summed E-state index contributed by atoms with van der Waals surface area (Å²) < 4.78 is 13.4. The number of hydrogen-bond acceptors (Lipinski definition) is 2. The van der Waals surface area contributed by atoms with Crippen LogP contribution in [0.15, 0.2) is 12.1 Å². The van der Waals surface area contributed by atoms with E-state index in [-0.39, 0.29) is 21.5 Å². The van der Waals surface area contributed by atoms with Gasteiger partial charge >= 0.3 is 0 Å². The molecule has 0 aromatic heterocycles. The second-order valence-electron chi connectivity index (χ2n) is 5.88. The summed E-state index contributed by atoms with van der Waals surface area (Å²) in [7, 11) is 0. The maximum Gasteiger partial charge on any atom is 0.252 e. The number of carbonyl (C=O) groups is 1. The van der Waals surface area contributed by atoms with Crippen molar-refractivity contribution in [3.63, 3.8) is 0 Å². The van der Waals surface area contributed by atoms with Crippen molar-refractivity contribution < 1.29 is 9.18 Å². The minimum atomic E-state index is -0.640. The highest BCUT2D eigenvalue weighted by atomic mass is 35.5. The number of rotatable bonds is 5. The van der Waals surface area contributed by atoms with E-state index in [1.807, 2.05) is 0 Å². The fourth-order valence-corrected chi connectivity index (χ4v) is 3.05. The van der Waals surface area contributed by atoms with Crippen molar-refractivity contribution in [3.8, 4) is 0 Å². The average molecular weight is 347 g/mol. The van der Waals surface area contributed by atoms with E-state index in [2.05, 4.69) is 17.1 Å². The lowest BCUT2D eigenvalue weighted by molar-refractivity contribution is 0.0950. The van der Waals surface area contributed by atoms with E-state index < -0.39 is 5.82 Å². The fourth-order valence-electron chi connectivity index (χ4n) is 2.58. The van der Waals surface area contributed by atoms with Crippen LogP contribution >= 0.6 is 23.2 Å². The first-order valence-electron chi connectivity index (χ1n) is 7.62. The van der Waals surface area contributed by atoms with Gasteiger partial charge in [-0.2, -0.15) is 0 Å². The molecule has 22 heavy (non-hydrogen) atoms. The Hall–Kier alpha value is -0.840. The Bertz CT molecular complexity index is 531. The predicted molar refractivity (Wildman–Crippen MR) is 88.2 cm³/mol. The molecule has 0 bridgehead atoms. The van der Waals surface area contributed by atoms with Gasteiger partial charge in [0.05, 0.1) is 15.6 Å². The zero-order chi connectivity index (χ0) is 16.1. The van der Waals surface area contributed by atoms with Gasteiger partial charge in [0.1, 0.15) is 5.82 Å². The molecule has 0 unspecified atom stereocenters. The van der Waals surface area contributed by atoms with Crippen LogP contribution in [0.5, 0.6) is 0 Å². The molecule has 0 spiro atoms. The van der Waals surface area contributed by atoms with Gasteiger partial charge in [0.25, 0.3) is 5.91 Å². The van der Waals surface area contributed by atoms with Crippen LogP contribution in [0.1, 0.15) is 36.5 Å². The number of halogens is 3. The lowest BCUT2D eigenvalue weighted by Crippen LogP contribution is -2.35. The average Bonchev–Trinajstić information content (AvgIpc) is 2.49. The minimum absolute atomic E-state index is 0.0825. The Morgan fingerprint density at radius 1 is 1.32 bits per heavy atom. The highest BCUT2D eigenvalue weighted by molar-refractivity contribution is 6.36. The topological polar surface area (TPSA) is 32.3 Å². The second kappa shape index (κ2) is 8.14. The quantitative estimate of drug-likeness (QED) is 0.645. The smallest absolute Gasteiger partial charge is 0.252 e. The Balaban J connectivity index is 1.75. The van der Waals surface area contributed by atoms with Gasteiger partial charge in [-0.05, 0) is 56.9 Å². The fraction of sp³-hybridized carbons (Fsp3) is 0.562. The normalized spacial score (nSPS) is 16.7. The van der Waals surface area contributed by atoms with Crippen molar-refractivity contribution in [2.75, 3.05) is 26.2 Å². The molecule has 1 aliphatic rings. The first kappa shape index (κ1) is 17.5. The van der Waals surface area contributed by atoms with Crippen molar-refractivity contribution in [1.82, 2.24) is 10.2 Å². The largest absolute Gasteiger partial charge is 0.352 e. The van der Waals surface area contributed by atoms with E-state index >= 15 is 0 Å². The van der Waals surface area contributed by atoms with Gasteiger partial charge in [-0.1, -0.05) is 30.1 Å². The summed E-state index contributed by atoms with van der Waals surface area (Å²) in [5.41, 5.74) is 0.121. The monoisotopic (exact) mass is 346 g/mol. The van der Waals surface area contributed by atoms with E-state index in [1.54, 1.807) is 0 Å². The van der Waals surface area contributed by atoms with Crippen LogP contribution in [0.4, 0.5) is 4.39 Å². The number of nitrogens with one attached hydrogen (secondary N) is 1. The molecular weight excluding hydrogens is 326 g/mol. The molecule has 6 heteroatoms. The SMILES string of the molecule is CC1CCN(CCCNC(=O)c2cc(F)c(Cl)cc2Cl)CC1. The summed E-state index contributed by atoms with van der Waals surface area (Å²) in [6.45, 7) is 6.06. The van der Waals surface area contributed by atoms with Crippen molar-refractivity contribution in [2.45, 2.75) is 26.2 Å². The van der Waals surface area contributed by atoms with E-state index in [0.29, 0.717) is 6.54 Å². The van der Waals surface area contributed by atoms with Gasteiger partial charge in [-0.25, -0.2) is 4.39 Å². The number of hydrogen-bond donors (Lipinski definition) is 1. The number of benzene rings is 1. The number of piperidine rings is 1. The van der Waals surface area contributed by atoms with Crippen molar-refractivity contribution in [2.24, 2.45) is 5.92 Å².